The number of rotatable bonds is 1. The Hall–Kier alpha value is -2.09. The van der Waals surface area contributed by atoms with Crippen molar-refractivity contribution in [1.82, 2.24) is 4.98 Å². The van der Waals surface area contributed by atoms with Gasteiger partial charge in [0.15, 0.2) is 5.69 Å². The SMILES string of the molecule is O=Nc1c(O)c(=O)[nH]c2cc(C(F)(F)F)c(Cl)cc12. The van der Waals surface area contributed by atoms with Crippen LogP contribution in [0.4, 0.5) is 18.9 Å². The number of pyridine rings is 1. The summed E-state index contributed by atoms with van der Waals surface area (Å²) in [5, 5.41) is 10.9. The number of H-pyrrole nitrogens is 1. The molecule has 0 bridgehead atoms. The van der Waals surface area contributed by atoms with E-state index in [1.165, 1.54) is 0 Å². The molecule has 0 spiro atoms. The molecule has 1 heterocycles. The second-order valence-corrected chi connectivity index (χ2v) is 4.03. The number of hydrogen-bond donors (Lipinski definition) is 2. The van der Waals surface area contributed by atoms with E-state index in [0.29, 0.717) is 6.07 Å². The number of fused-ring (bicyclic) bond motifs is 1. The van der Waals surface area contributed by atoms with E-state index in [0.717, 1.165) is 6.07 Å². The van der Waals surface area contributed by atoms with Gasteiger partial charge in [-0.25, -0.2) is 0 Å². The number of aromatic nitrogens is 1. The summed E-state index contributed by atoms with van der Waals surface area (Å²) in [6.45, 7) is 0. The van der Waals surface area contributed by atoms with Gasteiger partial charge in [-0.2, -0.15) is 13.2 Å². The Labute approximate surface area is 107 Å². The first kappa shape index (κ1) is 13.3. The first-order chi connectivity index (χ1) is 8.75. The number of nitrogens with one attached hydrogen (secondary N) is 1. The molecule has 0 atom stereocenters. The zero-order chi connectivity index (χ0) is 14.4. The highest BCUT2D eigenvalue weighted by atomic mass is 35.5. The number of aromatic hydroxyl groups is 1. The van der Waals surface area contributed by atoms with E-state index >= 15 is 0 Å². The van der Waals surface area contributed by atoms with E-state index in [-0.39, 0.29) is 10.9 Å². The Kier molecular flexibility index (Phi) is 2.97. The molecule has 0 aliphatic carbocycles. The lowest BCUT2D eigenvalue weighted by Gasteiger charge is -2.11. The fraction of sp³-hybridized carbons (Fsp3) is 0.100. The van der Waals surface area contributed by atoms with Crippen molar-refractivity contribution in [2.75, 3.05) is 0 Å². The maximum absolute atomic E-state index is 12.6. The molecule has 2 N–H and O–H groups in total. The van der Waals surface area contributed by atoms with Gasteiger partial charge in [-0.3, -0.25) is 4.79 Å². The minimum Gasteiger partial charge on any atom is -0.501 e. The minimum atomic E-state index is -4.71. The number of halogens is 4. The van der Waals surface area contributed by atoms with Crippen LogP contribution in [0.15, 0.2) is 22.1 Å². The van der Waals surface area contributed by atoms with E-state index in [9.17, 15) is 28.0 Å². The first-order valence-electron chi connectivity index (χ1n) is 4.74. The molecule has 19 heavy (non-hydrogen) atoms. The van der Waals surface area contributed by atoms with Gasteiger partial charge in [-0.1, -0.05) is 11.6 Å². The van der Waals surface area contributed by atoms with Gasteiger partial charge in [-0.05, 0) is 17.3 Å². The fourth-order valence-corrected chi connectivity index (χ4v) is 1.87. The van der Waals surface area contributed by atoms with Crippen molar-refractivity contribution >= 4 is 28.2 Å². The summed E-state index contributed by atoms with van der Waals surface area (Å²) in [6.07, 6.45) is -4.71. The van der Waals surface area contributed by atoms with Crippen LogP contribution in [0.5, 0.6) is 5.75 Å². The Morgan fingerprint density at radius 2 is 1.95 bits per heavy atom. The van der Waals surface area contributed by atoms with Crippen molar-refractivity contribution in [3.63, 3.8) is 0 Å². The molecule has 100 valence electrons. The summed E-state index contributed by atoms with van der Waals surface area (Å²) in [6, 6.07) is 1.39. The molecule has 0 fully saturated rings. The summed E-state index contributed by atoms with van der Waals surface area (Å²) in [5.74, 6) is -0.974. The lowest BCUT2D eigenvalue weighted by molar-refractivity contribution is -0.137. The van der Waals surface area contributed by atoms with Gasteiger partial charge >= 0.3 is 6.18 Å². The predicted octanol–water partition coefficient (Wildman–Crippen LogP) is 3.30. The van der Waals surface area contributed by atoms with Crippen molar-refractivity contribution < 1.29 is 18.3 Å². The Balaban J connectivity index is 2.94. The third-order valence-electron chi connectivity index (χ3n) is 2.45. The van der Waals surface area contributed by atoms with Crippen LogP contribution in [0.25, 0.3) is 10.9 Å². The van der Waals surface area contributed by atoms with Crippen LogP contribution in [0, 0.1) is 4.91 Å². The maximum Gasteiger partial charge on any atom is 0.417 e. The third-order valence-corrected chi connectivity index (χ3v) is 2.76. The molecule has 1 aromatic heterocycles. The number of alkyl halides is 3. The smallest absolute Gasteiger partial charge is 0.417 e. The largest absolute Gasteiger partial charge is 0.501 e. The molecule has 2 rings (SSSR count). The molecular formula is C10H4ClF3N2O3. The van der Waals surface area contributed by atoms with Crippen molar-refractivity contribution in [1.29, 1.82) is 0 Å². The van der Waals surface area contributed by atoms with Crippen LogP contribution in [0.3, 0.4) is 0 Å². The average Bonchev–Trinajstić information content (AvgIpc) is 2.30. The third kappa shape index (κ3) is 2.14. The highest BCUT2D eigenvalue weighted by Crippen LogP contribution is 2.39. The van der Waals surface area contributed by atoms with Gasteiger partial charge in [0, 0.05) is 5.39 Å². The Morgan fingerprint density at radius 1 is 1.32 bits per heavy atom. The maximum atomic E-state index is 12.6. The minimum absolute atomic E-state index is 0.176. The van der Waals surface area contributed by atoms with E-state index in [1.54, 1.807) is 0 Å². The number of benzene rings is 1. The molecule has 0 radical (unpaired) electrons. The van der Waals surface area contributed by atoms with E-state index in [1.807, 2.05) is 4.98 Å². The fourth-order valence-electron chi connectivity index (χ4n) is 1.60. The summed E-state index contributed by atoms with van der Waals surface area (Å²) in [5.41, 5.74) is -3.24. The summed E-state index contributed by atoms with van der Waals surface area (Å²) < 4.78 is 37.9. The quantitative estimate of drug-likeness (QED) is 0.791. The van der Waals surface area contributed by atoms with Gasteiger partial charge < -0.3 is 10.1 Å². The number of hydrogen-bond acceptors (Lipinski definition) is 4. The zero-order valence-electron chi connectivity index (χ0n) is 8.88. The van der Waals surface area contributed by atoms with Crippen LogP contribution in [0.2, 0.25) is 5.02 Å². The normalized spacial score (nSPS) is 11.8. The molecule has 0 aliphatic heterocycles. The molecular weight excluding hydrogens is 289 g/mol. The van der Waals surface area contributed by atoms with Crippen LogP contribution >= 0.6 is 11.6 Å². The topological polar surface area (TPSA) is 82.5 Å². The highest BCUT2D eigenvalue weighted by molar-refractivity contribution is 6.32. The second kappa shape index (κ2) is 4.23. The predicted molar refractivity (Wildman–Crippen MR) is 61.7 cm³/mol. The molecule has 0 unspecified atom stereocenters. The molecule has 2 aromatic rings. The van der Waals surface area contributed by atoms with Crippen molar-refractivity contribution in [2.24, 2.45) is 5.18 Å². The Morgan fingerprint density at radius 3 is 2.47 bits per heavy atom. The zero-order valence-corrected chi connectivity index (χ0v) is 9.63. The molecule has 0 aliphatic rings. The number of aromatic amines is 1. The van der Waals surface area contributed by atoms with Crippen molar-refractivity contribution in [3.8, 4) is 5.75 Å². The second-order valence-electron chi connectivity index (χ2n) is 3.62. The summed E-state index contributed by atoms with van der Waals surface area (Å²) in [7, 11) is 0. The van der Waals surface area contributed by atoms with E-state index in [4.69, 9.17) is 11.6 Å². The first-order valence-corrected chi connectivity index (χ1v) is 5.12. The lowest BCUT2D eigenvalue weighted by atomic mass is 10.1. The van der Waals surface area contributed by atoms with Gasteiger partial charge in [-0.15, -0.1) is 4.91 Å². The summed E-state index contributed by atoms with van der Waals surface area (Å²) in [4.78, 5) is 23.8. The van der Waals surface area contributed by atoms with Crippen molar-refractivity contribution in [2.45, 2.75) is 6.18 Å². The Bertz CT molecular complexity index is 739. The van der Waals surface area contributed by atoms with Gasteiger partial charge in [0.2, 0.25) is 5.75 Å². The standard InChI is InChI=1S/C10H4ClF3N2O3/c11-5-1-3-6(2-4(5)10(12,13)14)15-9(18)8(17)7(3)16-19/h1-2,17H,(H,15,18). The van der Waals surface area contributed by atoms with Gasteiger partial charge in [0.25, 0.3) is 5.56 Å². The molecule has 9 heteroatoms. The molecule has 5 nitrogen and oxygen atoms in total. The van der Waals surface area contributed by atoms with Crippen LogP contribution in [-0.4, -0.2) is 10.1 Å². The van der Waals surface area contributed by atoms with Gasteiger partial charge in [0.1, 0.15) is 0 Å². The van der Waals surface area contributed by atoms with Crippen LogP contribution in [0.1, 0.15) is 5.56 Å². The monoisotopic (exact) mass is 292 g/mol. The molecule has 0 amide bonds. The van der Waals surface area contributed by atoms with E-state index in [2.05, 4.69) is 5.18 Å². The van der Waals surface area contributed by atoms with Crippen molar-refractivity contribution in [3.05, 3.63) is 38.0 Å². The molecule has 0 saturated carbocycles. The summed E-state index contributed by atoms with van der Waals surface area (Å²) >= 11 is 5.47. The van der Waals surface area contributed by atoms with Crippen LogP contribution in [-0.2, 0) is 6.18 Å². The highest BCUT2D eigenvalue weighted by Gasteiger charge is 2.34. The van der Waals surface area contributed by atoms with Crippen LogP contribution < -0.4 is 5.56 Å². The lowest BCUT2D eigenvalue weighted by Crippen LogP contribution is -2.09. The van der Waals surface area contributed by atoms with E-state index < -0.39 is 33.8 Å². The average molecular weight is 293 g/mol. The number of nitrogens with zero attached hydrogens (tertiary/aromatic N) is 1. The molecule has 0 saturated heterocycles. The van der Waals surface area contributed by atoms with Gasteiger partial charge in [0.05, 0.1) is 16.1 Å². The number of nitroso groups, excluding NO2 is 1. The molecule has 1 aromatic carbocycles.